The van der Waals surface area contributed by atoms with E-state index in [2.05, 4.69) is 15.8 Å². The average Bonchev–Trinajstić information content (AvgIpc) is 2.26. The van der Waals surface area contributed by atoms with Gasteiger partial charge in [-0.15, -0.1) is 0 Å². The highest BCUT2D eigenvalue weighted by Gasteiger charge is 1.94. The second-order valence-corrected chi connectivity index (χ2v) is 2.82. The molecule has 0 unspecified atom stereocenters. The van der Waals surface area contributed by atoms with Crippen LogP contribution in [0.4, 0.5) is 5.69 Å². The molecule has 4 nitrogen and oxygen atoms in total. The van der Waals surface area contributed by atoms with E-state index in [-0.39, 0.29) is 0 Å². The van der Waals surface area contributed by atoms with Crippen LogP contribution in [0.3, 0.4) is 0 Å². The Hall–Kier alpha value is -2.10. The Morgan fingerprint density at radius 2 is 2.14 bits per heavy atom. The monoisotopic (exact) mass is 187 g/mol. The van der Waals surface area contributed by atoms with Crippen molar-refractivity contribution in [1.82, 2.24) is 10.4 Å². The van der Waals surface area contributed by atoms with Gasteiger partial charge in [0.05, 0.1) is 5.69 Å². The third-order valence-electron chi connectivity index (χ3n) is 1.92. The van der Waals surface area contributed by atoms with Gasteiger partial charge in [0.1, 0.15) is 0 Å². The van der Waals surface area contributed by atoms with E-state index in [9.17, 15) is 4.79 Å². The number of fused-ring (bicyclic) bond motifs is 1. The molecule has 2 rings (SSSR count). The number of benzene rings is 1. The predicted molar refractivity (Wildman–Crippen MR) is 54.6 cm³/mol. The molecular formula is C10H9N3O. The highest BCUT2D eigenvalue weighted by molar-refractivity contribution is 5.84. The number of pyridine rings is 1. The maximum Gasteiger partial charge on any atom is 0.225 e. The molecule has 0 saturated heterocycles. The molecule has 0 aliphatic rings. The molecule has 2 aromatic rings. The summed E-state index contributed by atoms with van der Waals surface area (Å²) in [7, 11) is 0. The van der Waals surface area contributed by atoms with E-state index in [0.717, 1.165) is 16.5 Å². The fourth-order valence-corrected chi connectivity index (χ4v) is 1.28. The van der Waals surface area contributed by atoms with Crippen molar-refractivity contribution < 1.29 is 4.79 Å². The number of nitrogens with zero attached hydrogens (tertiary/aromatic N) is 1. The molecule has 0 aliphatic heterocycles. The first-order chi connectivity index (χ1) is 6.90. The Kier molecular flexibility index (Phi) is 2.27. The highest BCUT2D eigenvalue weighted by atomic mass is 16.1. The van der Waals surface area contributed by atoms with Crippen molar-refractivity contribution in [3.8, 4) is 0 Å². The lowest BCUT2D eigenvalue weighted by molar-refractivity contribution is -0.109. The molecule has 0 saturated carbocycles. The number of carbonyl (C=O) groups is 1. The summed E-state index contributed by atoms with van der Waals surface area (Å²) in [6, 6.07) is 7.70. The summed E-state index contributed by atoms with van der Waals surface area (Å²) >= 11 is 0. The first kappa shape index (κ1) is 8.50. The van der Waals surface area contributed by atoms with Crippen LogP contribution in [0.15, 0.2) is 36.7 Å². The van der Waals surface area contributed by atoms with Gasteiger partial charge in [0.2, 0.25) is 6.41 Å². The topological polar surface area (TPSA) is 54.0 Å². The van der Waals surface area contributed by atoms with Crippen molar-refractivity contribution >= 4 is 22.9 Å². The summed E-state index contributed by atoms with van der Waals surface area (Å²) in [6.07, 6.45) is 4.12. The molecular weight excluding hydrogens is 178 g/mol. The molecule has 2 N–H and O–H groups in total. The molecule has 70 valence electrons. The third-order valence-corrected chi connectivity index (χ3v) is 1.92. The van der Waals surface area contributed by atoms with E-state index in [1.807, 2.05) is 24.3 Å². The summed E-state index contributed by atoms with van der Waals surface area (Å²) in [5.74, 6) is 0. The van der Waals surface area contributed by atoms with Crippen molar-refractivity contribution in [2.75, 3.05) is 5.43 Å². The first-order valence-corrected chi connectivity index (χ1v) is 4.19. The van der Waals surface area contributed by atoms with Crippen LogP contribution >= 0.6 is 0 Å². The van der Waals surface area contributed by atoms with Crippen LogP contribution in [0, 0.1) is 0 Å². The molecule has 14 heavy (non-hydrogen) atoms. The van der Waals surface area contributed by atoms with E-state index in [4.69, 9.17) is 0 Å². The van der Waals surface area contributed by atoms with Crippen LogP contribution in [0.25, 0.3) is 10.8 Å². The van der Waals surface area contributed by atoms with Gasteiger partial charge in [-0.2, -0.15) is 0 Å². The van der Waals surface area contributed by atoms with Crippen molar-refractivity contribution in [1.29, 1.82) is 0 Å². The largest absolute Gasteiger partial charge is 0.299 e. The fraction of sp³-hybridized carbons (Fsp3) is 0. The van der Waals surface area contributed by atoms with Gasteiger partial charge in [-0.05, 0) is 23.6 Å². The molecule has 1 amide bonds. The lowest BCUT2D eigenvalue weighted by Gasteiger charge is -2.04. The molecule has 0 fully saturated rings. The van der Waals surface area contributed by atoms with E-state index in [0.29, 0.717) is 6.41 Å². The maximum absolute atomic E-state index is 10.1. The van der Waals surface area contributed by atoms with E-state index in [1.54, 1.807) is 12.4 Å². The number of hydrogen-bond donors (Lipinski definition) is 2. The van der Waals surface area contributed by atoms with E-state index >= 15 is 0 Å². The molecule has 0 aliphatic carbocycles. The molecule has 1 aromatic carbocycles. The number of nitrogens with one attached hydrogen (secondary N) is 2. The second-order valence-electron chi connectivity index (χ2n) is 2.82. The molecule has 0 bridgehead atoms. The van der Waals surface area contributed by atoms with Gasteiger partial charge in [-0.25, -0.2) is 0 Å². The van der Waals surface area contributed by atoms with Gasteiger partial charge in [0.25, 0.3) is 0 Å². The van der Waals surface area contributed by atoms with Crippen LogP contribution in [0.1, 0.15) is 0 Å². The Morgan fingerprint density at radius 3 is 3.00 bits per heavy atom. The highest BCUT2D eigenvalue weighted by Crippen LogP contribution is 2.16. The zero-order chi connectivity index (χ0) is 9.80. The number of rotatable bonds is 3. The number of aromatic nitrogens is 1. The van der Waals surface area contributed by atoms with Crippen molar-refractivity contribution in [3.05, 3.63) is 36.7 Å². The molecule has 0 atom stereocenters. The Bertz CT molecular complexity index is 456. The number of carbonyl (C=O) groups excluding carboxylic acids is 1. The van der Waals surface area contributed by atoms with Crippen molar-refractivity contribution in [3.63, 3.8) is 0 Å². The third kappa shape index (κ3) is 1.64. The van der Waals surface area contributed by atoms with Crippen LogP contribution in [-0.4, -0.2) is 11.4 Å². The fourth-order valence-electron chi connectivity index (χ4n) is 1.28. The van der Waals surface area contributed by atoms with Gasteiger partial charge >= 0.3 is 0 Å². The average molecular weight is 187 g/mol. The summed E-state index contributed by atoms with van der Waals surface area (Å²) < 4.78 is 0. The second kappa shape index (κ2) is 3.74. The predicted octanol–water partition coefficient (Wildman–Crippen LogP) is 1.31. The molecule has 0 radical (unpaired) electrons. The SMILES string of the molecule is O=CNNc1ccc2ccncc2c1. The van der Waals surface area contributed by atoms with E-state index in [1.165, 1.54) is 0 Å². The lowest BCUT2D eigenvalue weighted by atomic mass is 10.1. The zero-order valence-electron chi connectivity index (χ0n) is 7.40. The minimum atomic E-state index is 0.591. The maximum atomic E-state index is 10.1. The lowest BCUT2D eigenvalue weighted by Crippen LogP contribution is -2.18. The van der Waals surface area contributed by atoms with Gasteiger partial charge in [-0.3, -0.25) is 20.6 Å². The van der Waals surface area contributed by atoms with Crippen molar-refractivity contribution in [2.24, 2.45) is 0 Å². The first-order valence-electron chi connectivity index (χ1n) is 4.19. The van der Waals surface area contributed by atoms with Gasteiger partial charge in [-0.1, -0.05) is 6.07 Å². The van der Waals surface area contributed by atoms with Crippen LogP contribution in [0.2, 0.25) is 0 Å². The quantitative estimate of drug-likeness (QED) is 0.562. The van der Waals surface area contributed by atoms with E-state index < -0.39 is 0 Å². The van der Waals surface area contributed by atoms with Gasteiger partial charge in [0.15, 0.2) is 0 Å². The minimum absolute atomic E-state index is 0.591. The van der Waals surface area contributed by atoms with Gasteiger partial charge < -0.3 is 0 Å². The number of hydrazine groups is 1. The molecule has 0 spiro atoms. The number of anilines is 1. The Morgan fingerprint density at radius 1 is 1.21 bits per heavy atom. The van der Waals surface area contributed by atoms with Crippen LogP contribution in [0.5, 0.6) is 0 Å². The standard InChI is InChI=1S/C10H9N3O/c14-7-12-13-10-2-1-8-3-4-11-6-9(8)5-10/h1-7,13H,(H,12,14). The summed E-state index contributed by atoms with van der Waals surface area (Å²) in [4.78, 5) is 14.1. The number of amides is 1. The smallest absolute Gasteiger partial charge is 0.225 e. The molecule has 1 heterocycles. The summed E-state index contributed by atoms with van der Waals surface area (Å²) in [5.41, 5.74) is 5.95. The Labute approximate surface area is 80.9 Å². The van der Waals surface area contributed by atoms with Gasteiger partial charge in [0, 0.05) is 17.8 Å². The summed E-state index contributed by atoms with van der Waals surface area (Å²) in [5, 5.41) is 2.15. The molecule has 1 aromatic heterocycles. The normalized spacial score (nSPS) is 9.71. The summed E-state index contributed by atoms with van der Waals surface area (Å²) in [6.45, 7) is 0. The molecule has 4 heteroatoms. The zero-order valence-corrected chi connectivity index (χ0v) is 7.40. The van der Waals surface area contributed by atoms with Crippen LogP contribution in [-0.2, 0) is 4.79 Å². The van der Waals surface area contributed by atoms with Crippen molar-refractivity contribution in [2.45, 2.75) is 0 Å². The minimum Gasteiger partial charge on any atom is -0.299 e. The Balaban J connectivity index is 2.36. The van der Waals surface area contributed by atoms with Crippen LogP contribution < -0.4 is 10.9 Å². The number of hydrogen-bond acceptors (Lipinski definition) is 3.